The van der Waals surface area contributed by atoms with Gasteiger partial charge in [0, 0.05) is 28.0 Å². The van der Waals surface area contributed by atoms with Crippen LogP contribution in [0.5, 0.6) is 0 Å². The lowest BCUT2D eigenvalue weighted by molar-refractivity contribution is -0.148. The van der Waals surface area contributed by atoms with Gasteiger partial charge in [-0.15, -0.1) is 0 Å². The molecule has 0 aliphatic carbocycles. The van der Waals surface area contributed by atoms with Crippen LogP contribution in [0.1, 0.15) is 39.0 Å². The molecule has 0 unspecified atom stereocenters. The number of carbonyl (C=O) groups is 2. The van der Waals surface area contributed by atoms with Crippen LogP contribution in [0.3, 0.4) is 0 Å². The molecule has 0 bridgehead atoms. The minimum absolute atomic E-state index is 0.00505. The number of carbonyl (C=O) groups excluding carboxylic acids is 2. The molecule has 2 amide bonds. The molecular weight excluding hydrogens is 459 g/mol. The van der Waals surface area contributed by atoms with Crippen molar-refractivity contribution in [2.45, 2.75) is 18.1 Å². The van der Waals surface area contributed by atoms with Crippen molar-refractivity contribution in [1.29, 1.82) is 5.26 Å². The van der Waals surface area contributed by atoms with Crippen molar-refractivity contribution >= 4 is 29.1 Å². The van der Waals surface area contributed by atoms with Crippen molar-refractivity contribution in [2.75, 3.05) is 11.9 Å². The van der Waals surface area contributed by atoms with E-state index < -0.39 is 36.5 Å². The number of nitrogens with one attached hydrogen (secondary N) is 2. The average Bonchev–Trinajstić information content (AvgIpc) is 3.28. The number of alkyl halides is 3. The predicted molar refractivity (Wildman–Crippen MR) is 112 cm³/mol. The third kappa shape index (κ3) is 4.54. The minimum Gasteiger partial charge on any atom is -0.325 e. The van der Waals surface area contributed by atoms with E-state index in [9.17, 15) is 22.8 Å². The van der Waals surface area contributed by atoms with Crippen LogP contribution in [0.15, 0.2) is 54.9 Å². The van der Waals surface area contributed by atoms with E-state index in [1.807, 2.05) is 6.07 Å². The second-order valence-electron chi connectivity index (χ2n) is 7.42. The lowest BCUT2D eigenvalue weighted by Crippen LogP contribution is -2.49. The molecule has 7 nitrogen and oxygen atoms in total. The number of fused-ring (bicyclic) bond motifs is 1. The highest BCUT2D eigenvalue weighted by atomic mass is 35.5. The summed E-state index contributed by atoms with van der Waals surface area (Å²) in [5.74, 6) is -2.70. The lowest BCUT2D eigenvalue weighted by atomic mass is 9.79. The lowest BCUT2D eigenvalue weighted by Gasteiger charge is -2.41. The first-order valence-corrected chi connectivity index (χ1v) is 10.0. The summed E-state index contributed by atoms with van der Waals surface area (Å²) >= 11 is 6.01. The van der Waals surface area contributed by atoms with Crippen LogP contribution < -0.4 is 5.32 Å². The highest BCUT2D eigenvalue weighted by Crippen LogP contribution is 2.44. The maximum Gasteiger partial charge on any atom is 0.406 e. The first-order valence-electron chi connectivity index (χ1n) is 9.65. The van der Waals surface area contributed by atoms with E-state index in [0.717, 1.165) is 0 Å². The molecule has 0 saturated carbocycles. The number of aromatic amines is 1. The standard InChI is InChI=1S/C22H15ClF3N5O2/c23-14-5-12(8-27)6-15(7-14)30-20(32)18-16-3-1-2-4-17(16)21(33)31(11-22(24,25)26)19(18)13-9-28-29-10-13/h1-7,9-10,18-19H,11H2,(H,28,29)(H,30,32)/t18-,19+/m0/s1. The quantitative estimate of drug-likeness (QED) is 0.585. The number of rotatable bonds is 4. The number of benzene rings is 2. The van der Waals surface area contributed by atoms with Crippen LogP contribution in [0, 0.1) is 11.3 Å². The van der Waals surface area contributed by atoms with Gasteiger partial charge in [-0.25, -0.2) is 0 Å². The number of amides is 2. The molecule has 2 atom stereocenters. The first kappa shape index (κ1) is 22.4. The van der Waals surface area contributed by atoms with Crippen molar-refractivity contribution in [1.82, 2.24) is 15.1 Å². The third-order valence-electron chi connectivity index (χ3n) is 5.23. The number of anilines is 1. The van der Waals surface area contributed by atoms with Gasteiger partial charge in [0.05, 0.1) is 29.8 Å². The van der Waals surface area contributed by atoms with Crippen LogP contribution in [-0.2, 0) is 4.79 Å². The highest BCUT2D eigenvalue weighted by molar-refractivity contribution is 6.31. The van der Waals surface area contributed by atoms with E-state index in [-0.39, 0.29) is 33.0 Å². The van der Waals surface area contributed by atoms with Crippen molar-refractivity contribution in [3.8, 4) is 6.07 Å². The van der Waals surface area contributed by atoms with Gasteiger partial charge in [0.1, 0.15) is 6.54 Å². The van der Waals surface area contributed by atoms with Gasteiger partial charge in [-0.2, -0.15) is 23.5 Å². The van der Waals surface area contributed by atoms with Crippen molar-refractivity contribution < 1.29 is 22.8 Å². The summed E-state index contributed by atoms with van der Waals surface area (Å²) in [4.78, 5) is 27.2. The molecule has 0 radical (unpaired) electrons. The highest BCUT2D eigenvalue weighted by Gasteiger charge is 2.48. The molecule has 168 valence electrons. The molecule has 0 saturated heterocycles. The zero-order valence-corrected chi connectivity index (χ0v) is 17.5. The molecule has 2 heterocycles. The summed E-state index contributed by atoms with van der Waals surface area (Å²) in [7, 11) is 0. The normalized spacial score (nSPS) is 17.9. The SMILES string of the molecule is N#Cc1cc(Cl)cc(NC(=O)[C@H]2c3ccccc3C(=O)N(CC(F)(F)F)[C@@H]2c2cn[nH]c2)c1. The molecule has 0 spiro atoms. The predicted octanol–water partition coefficient (Wildman–Crippen LogP) is 4.42. The minimum atomic E-state index is -4.69. The Morgan fingerprint density at radius 1 is 1.27 bits per heavy atom. The van der Waals surface area contributed by atoms with Crippen LogP contribution in [0.4, 0.5) is 18.9 Å². The molecule has 2 N–H and O–H groups in total. The fourth-order valence-corrected chi connectivity index (χ4v) is 4.22. The zero-order chi connectivity index (χ0) is 23.8. The van der Waals surface area contributed by atoms with E-state index in [1.54, 1.807) is 6.07 Å². The smallest absolute Gasteiger partial charge is 0.325 e. The molecule has 11 heteroatoms. The second kappa shape index (κ2) is 8.60. The van der Waals surface area contributed by atoms with E-state index >= 15 is 0 Å². The number of hydrogen-bond acceptors (Lipinski definition) is 4. The molecule has 1 aliphatic heterocycles. The fraction of sp³-hybridized carbons (Fsp3) is 0.182. The summed E-state index contributed by atoms with van der Waals surface area (Å²) in [6.45, 7) is -1.55. The van der Waals surface area contributed by atoms with Crippen LogP contribution in [-0.4, -0.2) is 39.6 Å². The van der Waals surface area contributed by atoms with Crippen LogP contribution in [0.25, 0.3) is 0 Å². The van der Waals surface area contributed by atoms with Crippen LogP contribution >= 0.6 is 11.6 Å². The molecule has 2 aromatic carbocycles. The van der Waals surface area contributed by atoms with Crippen molar-refractivity contribution in [2.24, 2.45) is 0 Å². The van der Waals surface area contributed by atoms with E-state index in [2.05, 4.69) is 15.5 Å². The summed E-state index contributed by atoms with van der Waals surface area (Å²) in [5, 5.41) is 18.3. The Kier molecular flexibility index (Phi) is 5.82. The molecular formula is C22H15ClF3N5O2. The number of nitrogens with zero attached hydrogens (tertiary/aromatic N) is 3. The van der Waals surface area contributed by atoms with Crippen molar-refractivity contribution in [3.63, 3.8) is 0 Å². The Hall–Kier alpha value is -3.84. The van der Waals surface area contributed by atoms with E-state index in [1.165, 1.54) is 48.8 Å². The number of aromatic nitrogens is 2. The maximum absolute atomic E-state index is 13.5. The van der Waals surface area contributed by atoms with Gasteiger partial charge < -0.3 is 10.2 Å². The zero-order valence-electron chi connectivity index (χ0n) is 16.7. The molecule has 4 rings (SSSR count). The van der Waals surface area contributed by atoms with E-state index in [4.69, 9.17) is 16.9 Å². The average molecular weight is 474 g/mol. The molecule has 33 heavy (non-hydrogen) atoms. The van der Waals surface area contributed by atoms with Gasteiger partial charge in [-0.1, -0.05) is 29.8 Å². The molecule has 1 aliphatic rings. The summed E-state index contributed by atoms with van der Waals surface area (Å²) in [6.07, 6.45) is -2.06. The van der Waals surface area contributed by atoms with Crippen molar-refractivity contribution in [3.05, 3.63) is 82.1 Å². The summed E-state index contributed by atoms with van der Waals surface area (Å²) < 4.78 is 40.3. The third-order valence-corrected chi connectivity index (χ3v) is 5.44. The Balaban J connectivity index is 1.83. The number of halogens is 4. The number of nitriles is 1. The first-order chi connectivity index (χ1) is 15.7. The largest absolute Gasteiger partial charge is 0.406 e. The van der Waals surface area contributed by atoms with Gasteiger partial charge in [0.25, 0.3) is 5.91 Å². The second-order valence-corrected chi connectivity index (χ2v) is 7.86. The van der Waals surface area contributed by atoms with Gasteiger partial charge in [-0.3, -0.25) is 14.7 Å². The Morgan fingerprint density at radius 3 is 2.70 bits per heavy atom. The monoisotopic (exact) mass is 473 g/mol. The van der Waals surface area contributed by atoms with E-state index in [0.29, 0.717) is 4.90 Å². The van der Waals surface area contributed by atoms with Gasteiger partial charge in [0.15, 0.2) is 0 Å². The van der Waals surface area contributed by atoms with Crippen LogP contribution in [0.2, 0.25) is 5.02 Å². The molecule has 1 aromatic heterocycles. The molecule has 0 fully saturated rings. The van der Waals surface area contributed by atoms with Gasteiger partial charge in [-0.05, 0) is 29.8 Å². The van der Waals surface area contributed by atoms with Gasteiger partial charge in [0.2, 0.25) is 5.91 Å². The Morgan fingerprint density at radius 2 is 2.03 bits per heavy atom. The molecule has 3 aromatic rings. The topological polar surface area (TPSA) is 102 Å². The van der Waals surface area contributed by atoms with Gasteiger partial charge >= 0.3 is 6.18 Å². The Labute approximate surface area is 190 Å². The number of hydrogen-bond donors (Lipinski definition) is 2. The fourth-order valence-electron chi connectivity index (χ4n) is 3.98. The Bertz CT molecular complexity index is 1250. The maximum atomic E-state index is 13.5. The summed E-state index contributed by atoms with van der Waals surface area (Å²) in [6, 6.07) is 10.9. The summed E-state index contributed by atoms with van der Waals surface area (Å²) in [5.41, 5.74) is 0.928. The number of H-pyrrole nitrogens is 1.